The van der Waals surface area contributed by atoms with E-state index in [-0.39, 0.29) is 132 Å². The fourth-order valence-corrected chi connectivity index (χ4v) is 0. The van der Waals surface area contributed by atoms with Gasteiger partial charge < -0.3 is 46.0 Å². The zero-order chi connectivity index (χ0) is 10.7. The van der Waals surface area contributed by atoms with Crippen molar-refractivity contribution in [1.29, 1.82) is 0 Å². The Morgan fingerprint density at radius 3 is 0.533 bits per heavy atom. The van der Waals surface area contributed by atoms with Gasteiger partial charge in [-0.1, -0.05) is 0 Å². The van der Waals surface area contributed by atoms with Crippen LogP contribution in [0.15, 0.2) is 0 Å². The largest absolute Gasteiger partial charge is 1.00 e. The molecule has 0 aromatic carbocycles. The Morgan fingerprint density at radius 2 is 0.533 bits per heavy atom. The van der Waals surface area contributed by atoms with Gasteiger partial charge in [0.25, 0.3) is 0 Å². The van der Waals surface area contributed by atoms with Gasteiger partial charge in [0, 0.05) is 0 Å². The Labute approximate surface area is 189 Å². The van der Waals surface area contributed by atoms with Crippen LogP contribution >= 0.6 is 0 Å². The molecule has 15 heteroatoms. The normalized spacial score (nSPS) is 4.80. The first-order valence-corrected chi connectivity index (χ1v) is 1.64. The Morgan fingerprint density at radius 1 is 0.533 bits per heavy atom. The SMILES string of the molecule is O=[N+]([O-])[O-].O=[N+]([O-])[O-].O=[N+]([O-])[O-].[K+].[K+].[Na+]. The van der Waals surface area contributed by atoms with Crippen molar-refractivity contribution in [2.24, 2.45) is 0 Å². The maximum absolute atomic E-state index is 8.25. The van der Waals surface area contributed by atoms with Crippen LogP contribution < -0.4 is 132 Å². The molecule has 0 aliphatic rings. The van der Waals surface area contributed by atoms with Crippen molar-refractivity contribution in [2.75, 3.05) is 0 Å². The van der Waals surface area contributed by atoms with Gasteiger partial charge in [0.2, 0.25) is 0 Å². The topological polar surface area (TPSA) is 199 Å². The van der Waals surface area contributed by atoms with E-state index in [0.717, 1.165) is 0 Å². The van der Waals surface area contributed by atoms with Gasteiger partial charge in [-0.15, -0.1) is 0 Å². The van der Waals surface area contributed by atoms with E-state index in [1.54, 1.807) is 0 Å². The predicted octanol–water partition coefficient (Wildman–Crippen LogP) is -9.71. The van der Waals surface area contributed by atoms with Crippen molar-refractivity contribution in [3.63, 3.8) is 0 Å². The average molecular weight is 287 g/mol. The van der Waals surface area contributed by atoms with Crippen LogP contribution in [0.5, 0.6) is 0 Å². The third kappa shape index (κ3) is 871. The zero-order valence-electron chi connectivity index (χ0n) is 8.02. The van der Waals surface area contributed by atoms with Gasteiger partial charge >= 0.3 is 132 Å². The monoisotopic (exact) mass is 287 g/mol. The van der Waals surface area contributed by atoms with Gasteiger partial charge in [-0.05, 0) is 0 Å². The summed E-state index contributed by atoms with van der Waals surface area (Å²) in [4.78, 5) is 24.8. The smallest absolute Gasteiger partial charge is 0.356 e. The van der Waals surface area contributed by atoms with Gasteiger partial charge in [0.05, 0.1) is 15.3 Å². The fourth-order valence-electron chi connectivity index (χ4n) is 0. The molecule has 0 aromatic heterocycles. The van der Waals surface area contributed by atoms with Gasteiger partial charge in [-0.25, -0.2) is 0 Å². The molecule has 0 fully saturated rings. The minimum absolute atomic E-state index is 0. The Kier molecular flexibility index (Phi) is 71.2. The van der Waals surface area contributed by atoms with Crippen LogP contribution in [0.1, 0.15) is 0 Å². The minimum atomic E-state index is -1.75. The molecular weight excluding hydrogens is 287 g/mol. The molecule has 12 nitrogen and oxygen atoms in total. The van der Waals surface area contributed by atoms with E-state index in [1.165, 1.54) is 0 Å². The molecule has 0 atom stereocenters. The molecule has 0 unspecified atom stereocenters. The summed E-state index contributed by atoms with van der Waals surface area (Å²) >= 11 is 0. The van der Waals surface area contributed by atoms with Crippen molar-refractivity contribution in [3.05, 3.63) is 46.0 Å². The van der Waals surface area contributed by atoms with Crippen LogP contribution in [0, 0.1) is 46.0 Å². The number of hydrogen-bond donors (Lipinski definition) is 0. The summed E-state index contributed by atoms with van der Waals surface area (Å²) in [6.07, 6.45) is 0. The molecular formula is K2N3NaO9. The quantitative estimate of drug-likeness (QED) is 0.235. The van der Waals surface area contributed by atoms with E-state index < -0.39 is 15.3 Å². The van der Waals surface area contributed by atoms with Crippen LogP contribution in [0.25, 0.3) is 0 Å². The molecule has 72 valence electrons. The van der Waals surface area contributed by atoms with Gasteiger partial charge in [-0.3, -0.25) is 0 Å². The van der Waals surface area contributed by atoms with Gasteiger partial charge in [0.15, 0.2) is 0 Å². The van der Waals surface area contributed by atoms with Gasteiger partial charge in [-0.2, -0.15) is 0 Å². The molecule has 0 spiro atoms. The first kappa shape index (κ1) is 36.0. The second kappa shape index (κ2) is 29.7. The summed E-state index contributed by atoms with van der Waals surface area (Å²) in [5.41, 5.74) is 0. The standard InChI is InChI=1S/2K.3NO3.Na/c;;3*2-1(3)4;/q2*+1;3*-1;+1. The summed E-state index contributed by atoms with van der Waals surface area (Å²) in [6.45, 7) is 0. The molecule has 0 bridgehead atoms. The maximum atomic E-state index is 8.25. The van der Waals surface area contributed by atoms with Crippen molar-refractivity contribution in [3.8, 4) is 0 Å². The molecule has 0 rings (SSSR count). The van der Waals surface area contributed by atoms with Crippen molar-refractivity contribution >= 4 is 0 Å². The second-order valence-electron chi connectivity index (χ2n) is 0.671. The van der Waals surface area contributed by atoms with Gasteiger partial charge in [0.1, 0.15) is 0 Å². The summed E-state index contributed by atoms with van der Waals surface area (Å²) in [6, 6.07) is 0. The molecule has 0 N–H and O–H groups in total. The van der Waals surface area contributed by atoms with E-state index in [4.69, 9.17) is 46.0 Å². The Balaban J connectivity index is -0.0000000184. The first-order valence-electron chi connectivity index (χ1n) is 1.64. The molecule has 15 heavy (non-hydrogen) atoms. The number of nitrogens with zero attached hydrogens (tertiary/aromatic N) is 3. The molecule has 0 radical (unpaired) electrons. The average Bonchev–Trinajstić information content (AvgIpc) is 1.54. The van der Waals surface area contributed by atoms with E-state index in [1.807, 2.05) is 0 Å². The van der Waals surface area contributed by atoms with Crippen molar-refractivity contribution < 1.29 is 148 Å². The van der Waals surface area contributed by atoms with E-state index in [9.17, 15) is 0 Å². The fraction of sp³-hybridized carbons (Fsp3) is 0. The number of hydrogen-bond acceptors (Lipinski definition) is 9. The molecule has 0 aliphatic carbocycles. The maximum Gasteiger partial charge on any atom is 1.00 e. The van der Waals surface area contributed by atoms with Crippen LogP contribution in [0.2, 0.25) is 0 Å². The molecule has 0 saturated heterocycles. The van der Waals surface area contributed by atoms with E-state index in [0.29, 0.717) is 0 Å². The molecule has 0 heterocycles. The summed E-state index contributed by atoms with van der Waals surface area (Å²) < 4.78 is 0. The molecule has 0 aromatic rings. The molecule has 0 saturated carbocycles. The van der Waals surface area contributed by atoms with Crippen LogP contribution in [-0.2, 0) is 0 Å². The third-order valence-electron chi connectivity index (χ3n) is 0. The second-order valence-corrected chi connectivity index (χ2v) is 0.671. The predicted molar refractivity (Wildman–Crippen MR) is 31.1 cm³/mol. The van der Waals surface area contributed by atoms with Crippen LogP contribution in [0.4, 0.5) is 0 Å². The summed E-state index contributed by atoms with van der Waals surface area (Å²) in [5, 5.41) is 44.2. The summed E-state index contributed by atoms with van der Waals surface area (Å²) in [7, 11) is 0. The zero-order valence-corrected chi connectivity index (χ0v) is 16.3. The van der Waals surface area contributed by atoms with E-state index >= 15 is 0 Å². The number of rotatable bonds is 0. The minimum Gasteiger partial charge on any atom is -0.356 e. The Hall–Kier alpha value is 1.87. The van der Waals surface area contributed by atoms with Crippen molar-refractivity contribution in [2.45, 2.75) is 0 Å². The molecule has 0 amide bonds. The van der Waals surface area contributed by atoms with Crippen LogP contribution in [0.3, 0.4) is 0 Å². The Bertz CT molecular complexity index is 121. The first-order chi connectivity index (χ1) is 5.20. The van der Waals surface area contributed by atoms with Crippen molar-refractivity contribution in [1.82, 2.24) is 0 Å². The molecule has 0 aliphatic heterocycles. The van der Waals surface area contributed by atoms with Crippen LogP contribution in [-0.4, -0.2) is 15.3 Å². The summed E-state index contributed by atoms with van der Waals surface area (Å²) in [5.74, 6) is 0. The van der Waals surface area contributed by atoms with E-state index in [2.05, 4.69) is 0 Å². The third-order valence-corrected chi connectivity index (χ3v) is 0.